The van der Waals surface area contributed by atoms with Gasteiger partial charge in [-0.05, 0) is 36.2 Å². The van der Waals surface area contributed by atoms with Gasteiger partial charge in [-0.3, -0.25) is 4.79 Å². The van der Waals surface area contributed by atoms with Gasteiger partial charge in [0, 0.05) is 56.4 Å². The number of rotatable bonds is 3. The Labute approximate surface area is 208 Å². The van der Waals surface area contributed by atoms with E-state index in [9.17, 15) is 35.9 Å². The first-order valence-electron chi connectivity index (χ1n) is 11.4. The lowest BCUT2D eigenvalue weighted by atomic mass is 9.99. The zero-order valence-electron chi connectivity index (χ0n) is 20.0. The van der Waals surface area contributed by atoms with Gasteiger partial charge in [-0.15, -0.1) is 0 Å². The van der Waals surface area contributed by atoms with Gasteiger partial charge < -0.3 is 19.7 Å². The normalized spacial score (nSPS) is 16.8. The molecule has 3 aromatic rings. The first kappa shape index (κ1) is 26.4. The molecule has 1 saturated heterocycles. The van der Waals surface area contributed by atoms with Crippen molar-refractivity contribution in [3.63, 3.8) is 0 Å². The molecule has 12 heteroatoms. The van der Waals surface area contributed by atoms with Crippen LogP contribution >= 0.6 is 0 Å². The number of urea groups is 1. The fourth-order valence-electron chi connectivity index (χ4n) is 4.55. The van der Waals surface area contributed by atoms with Crippen LogP contribution in [0, 0.1) is 0 Å². The van der Waals surface area contributed by atoms with Gasteiger partial charge in [0.1, 0.15) is 0 Å². The van der Waals surface area contributed by atoms with Crippen molar-refractivity contribution in [2.75, 3.05) is 33.7 Å². The number of benzene rings is 2. The number of aromatic amines is 1. The average Bonchev–Trinajstić information content (AvgIpc) is 3.24. The number of piperazine rings is 1. The molecule has 0 aliphatic carbocycles. The van der Waals surface area contributed by atoms with Crippen LogP contribution in [0.25, 0.3) is 10.9 Å². The highest BCUT2D eigenvalue weighted by Gasteiger charge is 2.39. The quantitative estimate of drug-likeness (QED) is 0.474. The van der Waals surface area contributed by atoms with Crippen LogP contribution in [-0.4, -0.2) is 71.4 Å². The molecule has 1 aromatic heterocycles. The fraction of sp³-hybridized carbons (Fsp3) is 0.360. The number of aromatic nitrogens is 1. The van der Waals surface area contributed by atoms with Crippen molar-refractivity contribution in [1.29, 1.82) is 0 Å². The van der Waals surface area contributed by atoms with Gasteiger partial charge in [0.15, 0.2) is 0 Å². The Bertz CT molecular complexity index is 1280. The zero-order chi connectivity index (χ0) is 27.1. The van der Waals surface area contributed by atoms with Crippen LogP contribution in [0.2, 0.25) is 0 Å². The van der Waals surface area contributed by atoms with Crippen LogP contribution in [0.4, 0.5) is 31.1 Å². The SMILES string of the molecule is CN(C)C(=O)N1CCN(C(=O)c2cc(C(F)(F)F)cc(C(F)(F)F)c2)C(Cc2c[nH]c3ccccc23)C1. The molecule has 3 amide bonds. The van der Waals surface area contributed by atoms with E-state index in [4.69, 9.17) is 0 Å². The lowest BCUT2D eigenvalue weighted by Crippen LogP contribution is -2.58. The second-order valence-electron chi connectivity index (χ2n) is 9.13. The van der Waals surface area contributed by atoms with E-state index in [0.29, 0.717) is 12.1 Å². The van der Waals surface area contributed by atoms with Gasteiger partial charge in [0.25, 0.3) is 5.91 Å². The van der Waals surface area contributed by atoms with E-state index < -0.39 is 41.0 Å². The smallest absolute Gasteiger partial charge is 0.361 e. The van der Waals surface area contributed by atoms with E-state index in [0.717, 1.165) is 16.5 Å². The minimum absolute atomic E-state index is 0.00606. The van der Waals surface area contributed by atoms with Crippen molar-refractivity contribution in [3.8, 4) is 0 Å². The van der Waals surface area contributed by atoms with Crippen molar-refractivity contribution in [1.82, 2.24) is 19.7 Å². The summed E-state index contributed by atoms with van der Waals surface area (Å²) in [7, 11) is 3.13. The monoisotopic (exact) mass is 526 g/mol. The van der Waals surface area contributed by atoms with Gasteiger partial charge in [-0.1, -0.05) is 18.2 Å². The standard InChI is InChI=1S/C25H24F6N4O2/c1-33(2)23(37)34-7-8-35(19(14-34)11-16-13-32-21-6-4-3-5-20(16)21)22(36)15-9-17(24(26,27)28)12-18(10-15)25(29,30)31/h3-6,9-10,12-13,19,32H,7-8,11,14H2,1-2H3. The second-order valence-corrected chi connectivity index (χ2v) is 9.13. The Morgan fingerprint density at radius 1 is 0.973 bits per heavy atom. The summed E-state index contributed by atoms with van der Waals surface area (Å²) in [4.78, 5) is 33.3. The third kappa shape index (κ3) is 5.52. The van der Waals surface area contributed by atoms with Crippen molar-refractivity contribution in [2.24, 2.45) is 0 Å². The molecule has 1 N–H and O–H groups in total. The van der Waals surface area contributed by atoms with E-state index in [1.54, 1.807) is 20.3 Å². The molecule has 2 aromatic carbocycles. The van der Waals surface area contributed by atoms with Gasteiger partial charge in [-0.2, -0.15) is 26.3 Å². The summed E-state index contributed by atoms with van der Waals surface area (Å²) < 4.78 is 80.3. The van der Waals surface area contributed by atoms with Crippen LogP contribution < -0.4 is 0 Å². The largest absolute Gasteiger partial charge is 0.416 e. The molecule has 0 bridgehead atoms. The maximum absolute atomic E-state index is 13.4. The molecule has 1 fully saturated rings. The summed E-state index contributed by atoms with van der Waals surface area (Å²) in [5.74, 6) is -0.960. The summed E-state index contributed by atoms with van der Waals surface area (Å²) in [6, 6.07) is 7.26. The molecular weight excluding hydrogens is 502 g/mol. The molecule has 4 rings (SSSR count). The number of H-pyrrole nitrogens is 1. The number of alkyl halides is 6. The van der Waals surface area contributed by atoms with Crippen LogP contribution in [-0.2, 0) is 18.8 Å². The Hall–Kier alpha value is -3.70. The molecule has 1 unspecified atom stereocenters. The topological polar surface area (TPSA) is 59.7 Å². The van der Waals surface area contributed by atoms with Gasteiger partial charge in [0.2, 0.25) is 0 Å². The van der Waals surface area contributed by atoms with Crippen LogP contribution in [0.5, 0.6) is 0 Å². The third-order valence-electron chi connectivity index (χ3n) is 6.36. The van der Waals surface area contributed by atoms with Crippen molar-refractivity contribution in [3.05, 3.63) is 70.9 Å². The number of hydrogen-bond donors (Lipinski definition) is 1. The maximum atomic E-state index is 13.4. The highest BCUT2D eigenvalue weighted by Crippen LogP contribution is 2.37. The van der Waals surface area contributed by atoms with Crippen molar-refractivity contribution < 1.29 is 35.9 Å². The number of halogens is 6. The molecule has 0 saturated carbocycles. The van der Waals surface area contributed by atoms with Crippen molar-refractivity contribution in [2.45, 2.75) is 24.8 Å². The predicted molar refractivity (Wildman–Crippen MR) is 124 cm³/mol. The number of hydrogen-bond acceptors (Lipinski definition) is 2. The highest BCUT2D eigenvalue weighted by molar-refractivity contribution is 5.95. The Kier molecular flexibility index (Phi) is 6.87. The molecule has 6 nitrogen and oxygen atoms in total. The van der Waals surface area contributed by atoms with Crippen LogP contribution in [0.15, 0.2) is 48.7 Å². The van der Waals surface area contributed by atoms with Crippen LogP contribution in [0.3, 0.4) is 0 Å². The lowest BCUT2D eigenvalue weighted by molar-refractivity contribution is -0.143. The summed E-state index contributed by atoms with van der Waals surface area (Å²) in [6.45, 7) is 0.0919. The molecule has 2 heterocycles. The van der Waals surface area contributed by atoms with E-state index >= 15 is 0 Å². The minimum atomic E-state index is -5.07. The number of fused-ring (bicyclic) bond motifs is 1. The number of nitrogens with one attached hydrogen (secondary N) is 1. The second kappa shape index (κ2) is 9.64. The van der Waals surface area contributed by atoms with E-state index in [-0.39, 0.29) is 38.2 Å². The zero-order valence-corrected chi connectivity index (χ0v) is 20.0. The number of amides is 3. The molecule has 1 aliphatic heterocycles. The molecule has 1 aliphatic rings. The maximum Gasteiger partial charge on any atom is 0.416 e. The van der Waals surface area contributed by atoms with E-state index in [2.05, 4.69) is 4.98 Å². The number of carbonyl (C=O) groups excluding carboxylic acids is 2. The molecule has 0 radical (unpaired) electrons. The summed E-state index contributed by atoms with van der Waals surface area (Å²) in [5, 5.41) is 0.865. The van der Waals surface area contributed by atoms with Gasteiger partial charge in [0.05, 0.1) is 17.2 Å². The Balaban J connectivity index is 1.72. The van der Waals surface area contributed by atoms with E-state index in [1.807, 2.05) is 24.3 Å². The van der Waals surface area contributed by atoms with Gasteiger partial charge in [-0.25, -0.2) is 4.79 Å². The summed E-state index contributed by atoms with van der Waals surface area (Å²) >= 11 is 0. The van der Waals surface area contributed by atoms with Crippen LogP contribution in [0.1, 0.15) is 27.0 Å². The Morgan fingerprint density at radius 3 is 2.19 bits per heavy atom. The summed E-state index contributed by atoms with van der Waals surface area (Å²) in [6.07, 6.45) is -8.17. The molecule has 198 valence electrons. The van der Waals surface area contributed by atoms with E-state index in [1.165, 1.54) is 14.7 Å². The third-order valence-corrected chi connectivity index (χ3v) is 6.36. The number of carbonyl (C=O) groups is 2. The molecule has 37 heavy (non-hydrogen) atoms. The summed E-state index contributed by atoms with van der Waals surface area (Å²) in [5.41, 5.74) is -2.18. The fourth-order valence-corrected chi connectivity index (χ4v) is 4.55. The number of nitrogens with zero attached hydrogens (tertiary/aromatic N) is 3. The lowest BCUT2D eigenvalue weighted by Gasteiger charge is -2.42. The molecule has 0 spiro atoms. The average molecular weight is 526 g/mol. The number of para-hydroxylation sites is 1. The van der Waals surface area contributed by atoms with Crippen molar-refractivity contribution >= 4 is 22.8 Å². The Morgan fingerprint density at radius 2 is 1.59 bits per heavy atom. The first-order chi connectivity index (χ1) is 17.3. The first-order valence-corrected chi connectivity index (χ1v) is 11.4. The molecular formula is C25H24F6N4O2. The molecule has 1 atom stereocenters. The minimum Gasteiger partial charge on any atom is -0.361 e. The highest BCUT2D eigenvalue weighted by atomic mass is 19.4. The predicted octanol–water partition coefficient (Wildman–Crippen LogP) is 5.26. The van der Waals surface area contributed by atoms with Gasteiger partial charge >= 0.3 is 18.4 Å².